The van der Waals surface area contributed by atoms with Crippen molar-refractivity contribution in [1.82, 2.24) is 9.97 Å². The molecule has 0 spiro atoms. The molecular formula is C19H19N3O4S. The summed E-state index contributed by atoms with van der Waals surface area (Å²) >= 11 is 1.17. The number of oxazole rings is 1. The summed E-state index contributed by atoms with van der Waals surface area (Å²) in [7, 11) is 0. The van der Waals surface area contributed by atoms with Crippen LogP contribution in [-0.4, -0.2) is 28.5 Å². The minimum absolute atomic E-state index is 0.188. The highest BCUT2D eigenvalue weighted by atomic mass is 32.1. The molecule has 0 fully saturated rings. The van der Waals surface area contributed by atoms with E-state index in [0.29, 0.717) is 23.2 Å². The summed E-state index contributed by atoms with van der Waals surface area (Å²) in [6, 6.07) is 7.94. The molecule has 8 heteroatoms. The Morgan fingerprint density at radius 2 is 2.04 bits per heavy atom. The number of anilines is 1. The fraction of sp³-hybridized carbons (Fsp3) is 0.263. The first kappa shape index (κ1) is 18.8. The van der Waals surface area contributed by atoms with E-state index in [1.165, 1.54) is 16.9 Å². The van der Waals surface area contributed by atoms with Crippen LogP contribution in [-0.2, 0) is 16.0 Å². The van der Waals surface area contributed by atoms with E-state index in [9.17, 15) is 9.59 Å². The van der Waals surface area contributed by atoms with Gasteiger partial charge in [-0.05, 0) is 13.8 Å². The van der Waals surface area contributed by atoms with Crippen molar-refractivity contribution in [2.75, 3.05) is 11.9 Å². The second-order valence-corrected chi connectivity index (χ2v) is 6.65. The lowest BCUT2D eigenvalue weighted by atomic mass is 10.1. The number of rotatable bonds is 7. The number of thiazole rings is 1. The number of ether oxygens (including phenoxy) is 1. The first-order valence-corrected chi connectivity index (χ1v) is 9.37. The van der Waals surface area contributed by atoms with Crippen LogP contribution in [0.4, 0.5) is 5.13 Å². The number of aryl methyl sites for hydroxylation is 2. The summed E-state index contributed by atoms with van der Waals surface area (Å²) in [5.41, 5.74) is 2.30. The van der Waals surface area contributed by atoms with Crippen molar-refractivity contribution in [3.8, 4) is 11.3 Å². The van der Waals surface area contributed by atoms with Gasteiger partial charge in [0, 0.05) is 23.8 Å². The van der Waals surface area contributed by atoms with Crippen LogP contribution in [0.25, 0.3) is 11.3 Å². The molecule has 7 nitrogen and oxygen atoms in total. The zero-order valence-electron chi connectivity index (χ0n) is 15.0. The maximum atomic E-state index is 12.1. The van der Waals surface area contributed by atoms with Gasteiger partial charge in [-0.25, -0.2) is 14.8 Å². The molecule has 0 radical (unpaired) electrons. The van der Waals surface area contributed by atoms with E-state index < -0.39 is 5.97 Å². The van der Waals surface area contributed by atoms with Gasteiger partial charge in [-0.15, -0.1) is 11.3 Å². The molecule has 0 unspecified atom stereocenters. The number of hydrogen-bond donors (Lipinski definition) is 1. The number of carbonyl (C=O) groups excluding carboxylic acids is 2. The fourth-order valence-corrected chi connectivity index (χ4v) is 3.01. The Bertz CT molecular complexity index is 931. The van der Waals surface area contributed by atoms with Crippen molar-refractivity contribution >= 4 is 28.3 Å². The van der Waals surface area contributed by atoms with E-state index >= 15 is 0 Å². The second-order valence-electron chi connectivity index (χ2n) is 5.79. The van der Waals surface area contributed by atoms with Crippen molar-refractivity contribution < 1.29 is 18.7 Å². The van der Waals surface area contributed by atoms with Crippen LogP contribution in [0.2, 0.25) is 0 Å². The average Bonchev–Trinajstić information content (AvgIpc) is 3.30. The van der Waals surface area contributed by atoms with E-state index in [1.54, 1.807) is 18.5 Å². The summed E-state index contributed by atoms with van der Waals surface area (Å²) in [6.45, 7) is 4.02. The smallest absolute Gasteiger partial charge is 0.357 e. The number of aromatic nitrogens is 2. The lowest BCUT2D eigenvalue weighted by molar-refractivity contribution is -0.116. The Balaban J connectivity index is 1.52. The molecule has 0 aliphatic rings. The molecule has 1 aromatic carbocycles. The molecule has 2 aromatic heterocycles. The standard InChI is InChI=1S/C19H19N3O4S/c1-3-25-18(24)14-11-27-19(21-14)22-16(23)8-9-17-20-10-15(26-17)13-6-4-12(2)5-7-13/h4-7,10-11H,3,8-9H2,1-2H3,(H,21,22,23). The predicted molar refractivity (Wildman–Crippen MR) is 102 cm³/mol. The van der Waals surface area contributed by atoms with Crippen molar-refractivity contribution in [1.29, 1.82) is 0 Å². The molecule has 0 bridgehead atoms. The molecule has 3 rings (SSSR count). The van der Waals surface area contributed by atoms with Gasteiger partial charge in [-0.2, -0.15) is 0 Å². The maximum Gasteiger partial charge on any atom is 0.357 e. The highest BCUT2D eigenvalue weighted by molar-refractivity contribution is 7.14. The Hall–Kier alpha value is -3.00. The first-order chi connectivity index (χ1) is 13.0. The van der Waals surface area contributed by atoms with Gasteiger partial charge in [0.15, 0.2) is 22.5 Å². The molecule has 1 amide bonds. The van der Waals surface area contributed by atoms with Crippen LogP contribution in [0.1, 0.15) is 35.3 Å². The number of esters is 1. The highest BCUT2D eigenvalue weighted by Gasteiger charge is 2.14. The van der Waals surface area contributed by atoms with Crippen LogP contribution in [0.3, 0.4) is 0 Å². The molecule has 3 aromatic rings. The summed E-state index contributed by atoms with van der Waals surface area (Å²) in [5, 5.41) is 4.57. The van der Waals surface area contributed by atoms with Gasteiger partial charge < -0.3 is 14.5 Å². The van der Waals surface area contributed by atoms with Crippen molar-refractivity contribution in [2.45, 2.75) is 26.7 Å². The van der Waals surface area contributed by atoms with E-state index in [4.69, 9.17) is 9.15 Å². The van der Waals surface area contributed by atoms with Crippen molar-refractivity contribution in [3.63, 3.8) is 0 Å². The van der Waals surface area contributed by atoms with Crippen molar-refractivity contribution in [3.05, 3.63) is 53.0 Å². The molecule has 0 saturated carbocycles. The molecule has 0 aliphatic carbocycles. The third-order valence-electron chi connectivity index (χ3n) is 3.69. The average molecular weight is 385 g/mol. The molecule has 1 N–H and O–H groups in total. The summed E-state index contributed by atoms with van der Waals surface area (Å²) < 4.78 is 10.6. The Labute approximate surface area is 160 Å². The van der Waals surface area contributed by atoms with Gasteiger partial charge in [-0.3, -0.25) is 4.79 Å². The molecule has 0 aliphatic heterocycles. The number of hydrogen-bond acceptors (Lipinski definition) is 7. The Morgan fingerprint density at radius 1 is 1.26 bits per heavy atom. The molecule has 2 heterocycles. The van der Waals surface area contributed by atoms with Gasteiger partial charge in [0.05, 0.1) is 12.8 Å². The minimum Gasteiger partial charge on any atom is -0.461 e. The number of carbonyl (C=O) groups is 2. The number of nitrogens with one attached hydrogen (secondary N) is 1. The zero-order chi connectivity index (χ0) is 19.2. The summed E-state index contributed by atoms with van der Waals surface area (Å²) in [4.78, 5) is 31.9. The van der Waals surface area contributed by atoms with E-state index in [-0.39, 0.29) is 24.6 Å². The molecule has 0 saturated heterocycles. The van der Waals surface area contributed by atoms with E-state index in [0.717, 1.165) is 5.56 Å². The maximum absolute atomic E-state index is 12.1. The third kappa shape index (κ3) is 5.01. The Morgan fingerprint density at radius 3 is 2.78 bits per heavy atom. The van der Waals surface area contributed by atoms with Crippen LogP contribution in [0.5, 0.6) is 0 Å². The van der Waals surface area contributed by atoms with Gasteiger partial charge in [-0.1, -0.05) is 29.8 Å². The highest BCUT2D eigenvalue weighted by Crippen LogP contribution is 2.21. The van der Waals surface area contributed by atoms with Crippen LogP contribution in [0.15, 0.2) is 40.3 Å². The molecule has 27 heavy (non-hydrogen) atoms. The lowest BCUT2D eigenvalue weighted by Crippen LogP contribution is -2.13. The van der Waals surface area contributed by atoms with Crippen molar-refractivity contribution in [2.24, 2.45) is 0 Å². The van der Waals surface area contributed by atoms with Gasteiger partial charge >= 0.3 is 5.97 Å². The molecular weight excluding hydrogens is 366 g/mol. The monoisotopic (exact) mass is 385 g/mol. The Kier molecular flexibility index (Phi) is 5.97. The quantitative estimate of drug-likeness (QED) is 0.621. The summed E-state index contributed by atoms with van der Waals surface area (Å²) in [6.07, 6.45) is 2.22. The van der Waals surface area contributed by atoms with Gasteiger partial charge in [0.2, 0.25) is 5.91 Å². The second kappa shape index (κ2) is 8.59. The van der Waals surface area contributed by atoms with Crippen LogP contribution >= 0.6 is 11.3 Å². The van der Waals surface area contributed by atoms with Crippen LogP contribution < -0.4 is 5.32 Å². The molecule has 140 valence electrons. The predicted octanol–water partition coefficient (Wildman–Crippen LogP) is 3.85. The topological polar surface area (TPSA) is 94.3 Å². The normalized spacial score (nSPS) is 10.6. The van der Waals surface area contributed by atoms with E-state index in [1.807, 2.05) is 31.2 Å². The van der Waals surface area contributed by atoms with E-state index in [2.05, 4.69) is 15.3 Å². The first-order valence-electron chi connectivity index (χ1n) is 8.49. The number of amides is 1. The lowest BCUT2D eigenvalue weighted by Gasteiger charge is -2.00. The fourth-order valence-electron chi connectivity index (χ4n) is 2.31. The molecule has 0 atom stereocenters. The van der Waals surface area contributed by atoms with Crippen LogP contribution in [0, 0.1) is 6.92 Å². The zero-order valence-corrected chi connectivity index (χ0v) is 15.8. The minimum atomic E-state index is -0.502. The third-order valence-corrected chi connectivity index (χ3v) is 4.45. The summed E-state index contributed by atoms with van der Waals surface area (Å²) in [5.74, 6) is 0.434. The van der Waals surface area contributed by atoms with Gasteiger partial charge in [0.25, 0.3) is 0 Å². The number of nitrogens with zero attached hydrogens (tertiary/aromatic N) is 2. The van der Waals surface area contributed by atoms with Gasteiger partial charge in [0.1, 0.15) is 0 Å². The SMILES string of the molecule is CCOC(=O)c1csc(NC(=O)CCc2ncc(-c3ccc(C)cc3)o2)n1. The number of benzene rings is 1. The largest absolute Gasteiger partial charge is 0.461 e.